The van der Waals surface area contributed by atoms with Gasteiger partial charge >= 0.3 is 0 Å². The van der Waals surface area contributed by atoms with Crippen LogP contribution in [0.1, 0.15) is 70.3 Å². The lowest BCUT2D eigenvalue weighted by molar-refractivity contribution is -0.253. The number of fused-ring (bicyclic) bond motifs is 3. The van der Waals surface area contributed by atoms with E-state index in [2.05, 4.69) is 87.4 Å². The van der Waals surface area contributed by atoms with Crippen LogP contribution in [0.15, 0.2) is 48.0 Å². The van der Waals surface area contributed by atoms with Gasteiger partial charge in [-0.15, -0.1) is 0 Å². The van der Waals surface area contributed by atoms with Crippen LogP contribution in [-0.4, -0.2) is 9.82 Å². The average Bonchev–Trinajstić information content (AvgIpc) is 3.00. The molecule has 1 aliphatic rings. The molecular formula is C27H33NO2. The molecule has 1 N–H and O–H groups in total. The van der Waals surface area contributed by atoms with E-state index in [1.54, 1.807) is 0 Å². The van der Waals surface area contributed by atoms with E-state index in [1.807, 2.05) is 12.1 Å². The summed E-state index contributed by atoms with van der Waals surface area (Å²) < 4.78 is 2.40. The van der Waals surface area contributed by atoms with Crippen molar-refractivity contribution in [2.24, 2.45) is 5.41 Å². The van der Waals surface area contributed by atoms with Crippen molar-refractivity contribution >= 4 is 17.0 Å². The molecule has 0 aliphatic heterocycles. The fourth-order valence-electron chi connectivity index (χ4n) is 4.49. The second kappa shape index (κ2) is 7.40. The zero-order chi connectivity index (χ0) is 21.7. The Morgan fingerprint density at radius 3 is 2.37 bits per heavy atom. The zero-order valence-electron chi connectivity index (χ0n) is 19.0. The maximum Gasteiger partial charge on any atom is 0.107 e. The Morgan fingerprint density at radius 1 is 0.933 bits per heavy atom. The smallest absolute Gasteiger partial charge is 0.107 e. The molecule has 1 aliphatic carbocycles. The lowest BCUT2D eigenvalue weighted by atomic mass is 9.79. The van der Waals surface area contributed by atoms with Gasteiger partial charge in [0.2, 0.25) is 0 Å². The van der Waals surface area contributed by atoms with Crippen molar-refractivity contribution in [1.82, 2.24) is 4.57 Å². The molecule has 30 heavy (non-hydrogen) atoms. The number of rotatable bonds is 3. The van der Waals surface area contributed by atoms with Gasteiger partial charge in [0.15, 0.2) is 0 Å². The molecule has 158 valence electrons. The average molecular weight is 404 g/mol. The zero-order valence-corrected chi connectivity index (χ0v) is 19.0. The molecule has 0 bridgehead atoms. The van der Waals surface area contributed by atoms with E-state index in [0.717, 1.165) is 24.1 Å². The van der Waals surface area contributed by atoms with Crippen molar-refractivity contribution < 1.29 is 10.1 Å². The highest BCUT2D eigenvalue weighted by Gasteiger charge is 2.27. The second-order valence-corrected chi connectivity index (χ2v) is 10.5. The van der Waals surface area contributed by atoms with Gasteiger partial charge in [0, 0.05) is 22.3 Å². The van der Waals surface area contributed by atoms with Gasteiger partial charge in [-0.3, -0.25) is 5.26 Å². The van der Waals surface area contributed by atoms with E-state index in [-0.39, 0.29) is 17.4 Å². The largest absolute Gasteiger partial charge is 0.313 e. The van der Waals surface area contributed by atoms with Crippen LogP contribution in [0, 0.1) is 5.41 Å². The van der Waals surface area contributed by atoms with E-state index in [4.69, 9.17) is 5.26 Å². The number of aromatic nitrogens is 1. The van der Waals surface area contributed by atoms with Crippen molar-refractivity contribution in [3.63, 3.8) is 0 Å². The van der Waals surface area contributed by atoms with Crippen LogP contribution in [0.5, 0.6) is 0 Å². The molecule has 0 saturated carbocycles. The van der Waals surface area contributed by atoms with E-state index in [9.17, 15) is 0 Å². The Kier molecular flexibility index (Phi) is 5.16. The molecule has 0 spiro atoms. The Hall–Kier alpha value is -2.36. The molecule has 1 aromatic heterocycles. The Labute approximate surface area is 179 Å². The van der Waals surface area contributed by atoms with Crippen LogP contribution in [0.3, 0.4) is 0 Å². The number of hydrogen-bond acceptors (Lipinski definition) is 2. The van der Waals surface area contributed by atoms with Crippen LogP contribution in [0.25, 0.3) is 22.7 Å². The SMILES string of the molecule is CC(C)(C)C1=Cc2c(n(-c3cccc(COO)c3)c3ccc(C(C)(C)C)cc23)CC1. The third-order valence-electron chi connectivity index (χ3n) is 6.29. The molecule has 0 atom stereocenters. The molecule has 0 amide bonds. The minimum atomic E-state index is 0.104. The normalized spacial score (nSPS) is 14.7. The standard InChI is InChI=1S/C27H33NO2/c1-26(2,3)19-10-12-24-22(15-19)23-16-20(27(4,5)6)11-13-25(23)28(24)21-9-7-8-18(14-21)17-30-29/h7-10,12,14-16,29H,11,13,17H2,1-6H3. The third-order valence-corrected chi connectivity index (χ3v) is 6.29. The molecule has 0 saturated heterocycles. The van der Waals surface area contributed by atoms with Crippen molar-refractivity contribution in [1.29, 1.82) is 0 Å². The molecule has 2 aromatic carbocycles. The van der Waals surface area contributed by atoms with Crippen molar-refractivity contribution in [3.8, 4) is 5.69 Å². The molecule has 4 rings (SSSR count). The summed E-state index contributed by atoms with van der Waals surface area (Å²) in [7, 11) is 0. The maximum atomic E-state index is 8.90. The first-order chi connectivity index (χ1) is 14.1. The molecule has 0 fully saturated rings. The predicted molar refractivity (Wildman–Crippen MR) is 125 cm³/mol. The third kappa shape index (κ3) is 3.73. The Morgan fingerprint density at radius 2 is 1.70 bits per heavy atom. The summed E-state index contributed by atoms with van der Waals surface area (Å²) in [5.41, 5.74) is 9.18. The molecule has 3 nitrogen and oxygen atoms in total. The molecule has 0 radical (unpaired) electrons. The maximum absolute atomic E-state index is 8.90. The van der Waals surface area contributed by atoms with Crippen LogP contribution < -0.4 is 0 Å². The van der Waals surface area contributed by atoms with Crippen LogP contribution in [0.4, 0.5) is 0 Å². The lowest BCUT2D eigenvalue weighted by Gasteiger charge is -2.27. The van der Waals surface area contributed by atoms with Gasteiger partial charge in [-0.05, 0) is 59.1 Å². The summed E-state index contributed by atoms with van der Waals surface area (Å²) in [6, 6.07) is 15.2. The van der Waals surface area contributed by atoms with Gasteiger partial charge in [-0.25, -0.2) is 4.89 Å². The predicted octanol–water partition coefficient (Wildman–Crippen LogP) is 7.29. The van der Waals surface area contributed by atoms with Crippen molar-refractivity contribution in [2.75, 3.05) is 0 Å². The molecule has 1 heterocycles. The first-order valence-corrected chi connectivity index (χ1v) is 10.8. The fraction of sp³-hybridized carbons (Fsp3) is 0.407. The summed E-state index contributed by atoms with van der Waals surface area (Å²) in [5, 5.41) is 10.2. The fourth-order valence-corrected chi connectivity index (χ4v) is 4.49. The highest BCUT2D eigenvalue weighted by atomic mass is 17.1. The monoisotopic (exact) mass is 403 g/mol. The molecule has 0 unspecified atom stereocenters. The van der Waals surface area contributed by atoms with Crippen molar-refractivity contribution in [2.45, 2.75) is 66.4 Å². The molecule has 3 heteroatoms. The second-order valence-electron chi connectivity index (χ2n) is 10.5. The lowest BCUT2D eigenvalue weighted by Crippen LogP contribution is -2.14. The summed E-state index contributed by atoms with van der Waals surface area (Å²) in [4.78, 5) is 4.39. The Balaban J connectivity index is 2.01. The van der Waals surface area contributed by atoms with Crippen LogP contribution in [0.2, 0.25) is 0 Å². The first kappa shape index (κ1) is 20.9. The highest BCUT2D eigenvalue weighted by molar-refractivity contribution is 5.94. The number of allylic oxidation sites excluding steroid dienone is 1. The van der Waals surface area contributed by atoms with Gasteiger partial charge in [0.05, 0.1) is 5.52 Å². The minimum Gasteiger partial charge on any atom is -0.313 e. The van der Waals surface area contributed by atoms with Crippen molar-refractivity contribution in [3.05, 3.63) is 70.4 Å². The van der Waals surface area contributed by atoms with Crippen LogP contribution >= 0.6 is 0 Å². The summed E-state index contributed by atoms with van der Waals surface area (Å²) in [6.45, 7) is 13.9. The Bertz CT molecular complexity index is 1120. The minimum absolute atomic E-state index is 0.104. The quantitative estimate of drug-likeness (QED) is 0.368. The number of benzene rings is 2. The number of hydrogen-bond donors (Lipinski definition) is 1. The summed E-state index contributed by atoms with van der Waals surface area (Å²) in [5.74, 6) is 0. The topological polar surface area (TPSA) is 34.4 Å². The summed E-state index contributed by atoms with van der Waals surface area (Å²) in [6.07, 6.45) is 4.54. The van der Waals surface area contributed by atoms with Gasteiger partial charge in [0.25, 0.3) is 0 Å². The van der Waals surface area contributed by atoms with E-state index in [0.29, 0.717) is 0 Å². The highest BCUT2D eigenvalue weighted by Crippen LogP contribution is 2.41. The van der Waals surface area contributed by atoms with Gasteiger partial charge < -0.3 is 4.57 Å². The van der Waals surface area contributed by atoms with E-state index in [1.165, 1.54) is 33.3 Å². The summed E-state index contributed by atoms with van der Waals surface area (Å²) >= 11 is 0. The van der Waals surface area contributed by atoms with Gasteiger partial charge in [-0.2, -0.15) is 0 Å². The first-order valence-electron chi connectivity index (χ1n) is 10.8. The van der Waals surface area contributed by atoms with E-state index >= 15 is 0 Å². The molecule has 3 aromatic rings. The van der Waals surface area contributed by atoms with E-state index < -0.39 is 0 Å². The van der Waals surface area contributed by atoms with Gasteiger partial charge in [-0.1, -0.05) is 71.4 Å². The number of nitrogens with zero attached hydrogens (tertiary/aromatic N) is 1. The van der Waals surface area contributed by atoms with Crippen LogP contribution in [-0.2, 0) is 23.3 Å². The molecular weight excluding hydrogens is 370 g/mol. The van der Waals surface area contributed by atoms with Gasteiger partial charge in [0.1, 0.15) is 6.61 Å².